The monoisotopic (exact) mass is 345 g/mol. The molecule has 0 saturated carbocycles. The van der Waals surface area contributed by atoms with Crippen molar-refractivity contribution in [1.82, 2.24) is 9.88 Å². The molecule has 5 heteroatoms. The predicted octanol–water partition coefficient (Wildman–Crippen LogP) is 3.21. The lowest BCUT2D eigenvalue weighted by atomic mass is 10.1. The number of aromatic nitrogens is 1. The highest BCUT2D eigenvalue weighted by Gasteiger charge is 2.40. The third kappa shape index (κ3) is 2.61. The number of carbonyl (C=O) groups is 1. The number of nitrogens with zero attached hydrogens (tertiary/aromatic N) is 2. The van der Waals surface area contributed by atoms with E-state index in [1.54, 1.807) is 0 Å². The molecule has 2 atom stereocenters. The Balaban J connectivity index is 1.46. The average molecular weight is 345 g/mol. The van der Waals surface area contributed by atoms with Gasteiger partial charge in [-0.3, -0.25) is 14.7 Å². The molecule has 5 nitrogen and oxygen atoms in total. The minimum absolute atomic E-state index is 0.0281. The number of pyridine rings is 1. The summed E-state index contributed by atoms with van der Waals surface area (Å²) in [4.78, 5) is 19.5. The number of likely N-dealkylation sites (tertiary alicyclic amines) is 1. The van der Waals surface area contributed by atoms with E-state index < -0.39 is 0 Å². The van der Waals surface area contributed by atoms with Crippen molar-refractivity contribution in [3.8, 4) is 5.75 Å². The molecule has 1 N–H and O–H groups in total. The molecule has 2 bridgehead atoms. The quantitative estimate of drug-likeness (QED) is 0.775. The first kappa shape index (κ1) is 15.3. The Morgan fingerprint density at radius 1 is 1.12 bits per heavy atom. The molecule has 1 fully saturated rings. The van der Waals surface area contributed by atoms with E-state index in [1.807, 2.05) is 54.7 Å². The highest BCUT2D eigenvalue weighted by molar-refractivity contribution is 5.96. The fourth-order valence-corrected chi connectivity index (χ4v) is 3.97. The molecule has 26 heavy (non-hydrogen) atoms. The first-order chi connectivity index (χ1) is 12.8. The van der Waals surface area contributed by atoms with E-state index in [-0.39, 0.29) is 18.1 Å². The van der Waals surface area contributed by atoms with Crippen LogP contribution in [0.1, 0.15) is 12.0 Å². The van der Waals surface area contributed by atoms with Crippen molar-refractivity contribution in [2.75, 3.05) is 11.9 Å². The van der Waals surface area contributed by atoms with Crippen molar-refractivity contribution in [3.05, 3.63) is 66.4 Å². The summed E-state index contributed by atoms with van der Waals surface area (Å²) in [6, 6.07) is 17.6. The van der Waals surface area contributed by atoms with E-state index in [0.717, 1.165) is 28.9 Å². The van der Waals surface area contributed by atoms with Crippen LogP contribution in [0.4, 0.5) is 5.69 Å². The summed E-state index contributed by atoms with van der Waals surface area (Å²) in [6.07, 6.45) is 2.58. The number of para-hydroxylation sites is 3. The second-order valence-corrected chi connectivity index (χ2v) is 6.89. The molecule has 2 aliphatic rings. The standard InChI is InChI=1S/C21H19N3O2/c25-21-19-11-15(26-20-8-4-3-7-18(20)23-21)13-24(19)12-14-9-10-22-17-6-2-1-5-16(14)17/h1-10,15,19H,11-13H2,(H,23,25)/t15-,19-/m0/s1. The number of carbonyl (C=O) groups excluding carboxylic acids is 1. The van der Waals surface area contributed by atoms with Gasteiger partial charge in [-0.25, -0.2) is 0 Å². The molecule has 0 aliphatic carbocycles. The lowest BCUT2D eigenvalue weighted by molar-refractivity contribution is -0.120. The van der Waals surface area contributed by atoms with Crippen LogP contribution in [0.15, 0.2) is 60.8 Å². The molecular formula is C21H19N3O2. The second kappa shape index (κ2) is 6.11. The maximum Gasteiger partial charge on any atom is 0.241 e. The van der Waals surface area contributed by atoms with E-state index in [1.165, 1.54) is 5.56 Å². The smallest absolute Gasteiger partial charge is 0.241 e. The fourth-order valence-electron chi connectivity index (χ4n) is 3.97. The van der Waals surface area contributed by atoms with Crippen molar-refractivity contribution in [3.63, 3.8) is 0 Å². The molecule has 1 amide bonds. The van der Waals surface area contributed by atoms with Crippen LogP contribution in [0, 0.1) is 0 Å². The molecule has 5 rings (SSSR count). The summed E-state index contributed by atoms with van der Waals surface area (Å²) in [5, 5.41) is 4.16. The Morgan fingerprint density at radius 3 is 2.92 bits per heavy atom. The van der Waals surface area contributed by atoms with E-state index >= 15 is 0 Å². The van der Waals surface area contributed by atoms with Gasteiger partial charge in [0.25, 0.3) is 0 Å². The molecule has 130 valence electrons. The molecule has 0 radical (unpaired) electrons. The maximum atomic E-state index is 12.8. The number of fused-ring (bicyclic) bond motifs is 4. The second-order valence-electron chi connectivity index (χ2n) is 6.89. The van der Waals surface area contributed by atoms with Crippen LogP contribution in [0.2, 0.25) is 0 Å². The molecule has 0 unspecified atom stereocenters. The molecule has 3 heterocycles. The summed E-state index contributed by atoms with van der Waals surface area (Å²) >= 11 is 0. The Labute approximate surface area is 151 Å². The molecular weight excluding hydrogens is 326 g/mol. The number of benzene rings is 2. The van der Waals surface area contributed by atoms with Gasteiger partial charge in [0.05, 0.1) is 17.2 Å². The first-order valence-electron chi connectivity index (χ1n) is 8.91. The zero-order valence-electron chi connectivity index (χ0n) is 14.3. The van der Waals surface area contributed by atoms with Gasteiger partial charge in [-0.05, 0) is 29.8 Å². The van der Waals surface area contributed by atoms with Crippen molar-refractivity contribution >= 4 is 22.5 Å². The summed E-state index contributed by atoms with van der Waals surface area (Å²) in [7, 11) is 0. The van der Waals surface area contributed by atoms with Crippen LogP contribution in [0.5, 0.6) is 5.75 Å². The van der Waals surface area contributed by atoms with Gasteiger partial charge >= 0.3 is 0 Å². The Kier molecular flexibility index (Phi) is 3.60. The van der Waals surface area contributed by atoms with E-state index in [0.29, 0.717) is 13.0 Å². The Morgan fingerprint density at radius 2 is 1.96 bits per heavy atom. The SMILES string of the molecule is O=C1Nc2ccccc2O[C@H]2C[C@@H]1N(Cc1ccnc3ccccc13)C2. The number of amides is 1. The lowest BCUT2D eigenvalue weighted by Gasteiger charge is -2.24. The van der Waals surface area contributed by atoms with Gasteiger partial charge in [-0.15, -0.1) is 0 Å². The predicted molar refractivity (Wildman–Crippen MR) is 100 cm³/mol. The minimum Gasteiger partial charge on any atom is -0.487 e. The van der Waals surface area contributed by atoms with Gasteiger partial charge in [-0.2, -0.15) is 0 Å². The van der Waals surface area contributed by atoms with Gasteiger partial charge in [0, 0.05) is 31.1 Å². The first-order valence-corrected chi connectivity index (χ1v) is 8.91. The molecule has 2 aromatic carbocycles. The Hall–Kier alpha value is -2.92. The normalized spacial score (nSPS) is 22.2. The van der Waals surface area contributed by atoms with Crippen molar-refractivity contribution < 1.29 is 9.53 Å². The van der Waals surface area contributed by atoms with Gasteiger partial charge in [0.1, 0.15) is 11.9 Å². The van der Waals surface area contributed by atoms with Gasteiger partial charge < -0.3 is 10.1 Å². The van der Waals surface area contributed by atoms with Crippen molar-refractivity contribution in [2.24, 2.45) is 0 Å². The number of rotatable bonds is 2. The maximum absolute atomic E-state index is 12.8. The largest absolute Gasteiger partial charge is 0.487 e. The topological polar surface area (TPSA) is 54.5 Å². The summed E-state index contributed by atoms with van der Waals surface area (Å²) in [5.41, 5.74) is 2.92. The fraction of sp³-hybridized carbons (Fsp3) is 0.238. The molecule has 0 spiro atoms. The number of nitrogens with one attached hydrogen (secondary N) is 1. The third-order valence-corrected chi connectivity index (χ3v) is 5.22. The van der Waals surface area contributed by atoms with E-state index in [9.17, 15) is 4.79 Å². The molecule has 1 aromatic heterocycles. The zero-order valence-corrected chi connectivity index (χ0v) is 14.3. The van der Waals surface area contributed by atoms with Crippen LogP contribution in [-0.2, 0) is 11.3 Å². The van der Waals surface area contributed by atoms with Crippen molar-refractivity contribution in [2.45, 2.75) is 25.1 Å². The average Bonchev–Trinajstić information content (AvgIpc) is 3.06. The molecule has 2 aliphatic heterocycles. The molecule has 3 aromatic rings. The lowest BCUT2D eigenvalue weighted by Crippen LogP contribution is -2.39. The minimum atomic E-state index is -0.180. The van der Waals surface area contributed by atoms with Crippen LogP contribution in [0.3, 0.4) is 0 Å². The Bertz CT molecular complexity index is 982. The van der Waals surface area contributed by atoms with Crippen LogP contribution in [-0.4, -0.2) is 34.5 Å². The van der Waals surface area contributed by atoms with Crippen LogP contribution in [0.25, 0.3) is 10.9 Å². The molecule has 1 saturated heterocycles. The summed E-state index contributed by atoms with van der Waals surface area (Å²) < 4.78 is 6.16. The number of ether oxygens (including phenoxy) is 1. The number of hydrogen-bond donors (Lipinski definition) is 1. The summed E-state index contributed by atoms with van der Waals surface area (Å²) in [6.45, 7) is 1.44. The number of anilines is 1. The zero-order chi connectivity index (χ0) is 17.5. The van der Waals surface area contributed by atoms with E-state index in [2.05, 4.69) is 21.3 Å². The van der Waals surface area contributed by atoms with Crippen LogP contribution >= 0.6 is 0 Å². The highest BCUT2D eigenvalue weighted by atomic mass is 16.5. The third-order valence-electron chi connectivity index (χ3n) is 5.22. The number of hydrogen-bond acceptors (Lipinski definition) is 4. The summed E-state index contributed by atoms with van der Waals surface area (Å²) in [5.74, 6) is 0.794. The van der Waals surface area contributed by atoms with Gasteiger partial charge in [0.2, 0.25) is 5.91 Å². The van der Waals surface area contributed by atoms with Crippen molar-refractivity contribution in [1.29, 1.82) is 0 Å². The van der Waals surface area contributed by atoms with Crippen LogP contribution < -0.4 is 10.1 Å². The highest BCUT2D eigenvalue weighted by Crippen LogP contribution is 2.33. The van der Waals surface area contributed by atoms with Gasteiger partial charge in [0.15, 0.2) is 0 Å². The van der Waals surface area contributed by atoms with E-state index in [4.69, 9.17) is 4.74 Å². The van der Waals surface area contributed by atoms with Gasteiger partial charge in [-0.1, -0.05) is 30.3 Å².